The van der Waals surface area contributed by atoms with Crippen molar-refractivity contribution in [1.82, 2.24) is 0 Å². The Morgan fingerprint density at radius 3 is 2.45 bits per heavy atom. The zero-order valence-corrected chi connectivity index (χ0v) is 20.8. The van der Waals surface area contributed by atoms with Crippen LogP contribution in [0.25, 0.3) is 0 Å². The Morgan fingerprint density at radius 1 is 1.10 bits per heavy atom. The number of rotatable bonds is 2. The van der Waals surface area contributed by atoms with E-state index in [1.165, 1.54) is 0 Å². The van der Waals surface area contributed by atoms with Gasteiger partial charge in [-0.05, 0) is 91.7 Å². The van der Waals surface area contributed by atoms with Gasteiger partial charge < -0.3 is 14.6 Å². The fourth-order valence-corrected chi connectivity index (χ4v) is 8.82. The van der Waals surface area contributed by atoms with Crippen molar-refractivity contribution in [3.63, 3.8) is 0 Å². The molecule has 0 radical (unpaired) electrons. The highest BCUT2D eigenvalue weighted by atomic mass is 28.4. The van der Waals surface area contributed by atoms with Crippen molar-refractivity contribution in [2.75, 3.05) is 0 Å². The van der Waals surface area contributed by atoms with Gasteiger partial charge in [0.2, 0.25) is 0 Å². The van der Waals surface area contributed by atoms with Gasteiger partial charge in [-0.2, -0.15) is 0 Å². The summed E-state index contributed by atoms with van der Waals surface area (Å²) in [5.41, 5.74) is 1.56. The van der Waals surface area contributed by atoms with Crippen molar-refractivity contribution in [1.29, 1.82) is 0 Å². The third-order valence-corrected chi connectivity index (χ3v) is 14.7. The first-order valence-electron chi connectivity index (χ1n) is 12.0. The molecular weight excluding hydrogens is 376 g/mol. The fourth-order valence-electron chi connectivity index (χ4n) is 7.43. The SMILES string of the molecule is CC(C)(C)[Si](C)(C)O[C@H]1CC[C@@]2(C)C(=CC[C@@H]3[C@@H]2[C@@H](O)C[C@]2(C)[C@@H](O)CC[C@@H]32)C1. The Bertz CT molecular complexity index is 680. The average Bonchev–Trinajstić information content (AvgIpc) is 2.88. The molecule has 0 aromatic heterocycles. The van der Waals surface area contributed by atoms with Crippen LogP contribution in [0.3, 0.4) is 0 Å². The summed E-state index contributed by atoms with van der Waals surface area (Å²) in [7, 11) is -1.76. The highest BCUT2D eigenvalue weighted by molar-refractivity contribution is 6.74. The molecule has 0 spiro atoms. The molecule has 166 valence electrons. The normalized spacial score (nSPS) is 47.8. The molecule has 3 saturated carbocycles. The van der Waals surface area contributed by atoms with Gasteiger partial charge in [0.05, 0.1) is 12.2 Å². The van der Waals surface area contributed by atoms with Crippen LogP contribution in [-0.4, -0.2) is 36.8 Å². The van der Waals surface area contributed by atoms with Gasteiger partial charge in [0.15, 0.2) is 8.32 Å². The van der Waals surface area contributed by atoms with Crippen molar-refractivity contribution in [3.05, 3.63) is 11.6 Å². The third-order valence-electron chi connectivity index (χ3n) is 10.2. The van der Waals surface area contributed by atoms with Crippen molar-refractivity contribution in [2.45, 2.75) is 116 Å². The number of aliphatic hydroxyl groups is 2. The molecule has 4 aliphatic carbocycles. The molecular formula is C25H44O3Si. The van der Waals surface area contributed by atoms with Gasteiger partial charge in [-0.3, -0.25) is 0 Å². The van der Waals surface area contributed by atoms with Crippen LogP contribution in [0, 0.1) is 28.6 Å². The molecule has 4 heteroatoms. The van der Waals surface area contributed by atoms with Crippen LogP contribution in [0.5, 0.6) is 0 Å². The van der Waals surface area contributed by atoms with Crippen LogP contribution in [0.1, 0.15) is 79.6 Å². The van der Waals surface area contributed by atoms with Gasteiger partial charge in [-0.25, -0.2) is 0 Å². The number of hydrogen-bond donors (Lipinski definition) is 2. The van der Waals surface area contributed by atoms with E-state index < -0.39 is 8.32 Å². The molecule has 2 N–H and O–H groups in total. The Kier molecular flexibility index (Phi) is 5.26. The molecule has 0 amide bonds. The van der Waals surface area contributed by atoms with E-state index in [1.807, 2.05) is 0 Å². The second-order valence-electron chi connectivity index (χ2n) is 12.8. The third kappa shape index (κ3) is 3.32. The van der Waals surface area contributed by atoms with Crippen LogP contribution in [0.2, 0.25) is 18.1 Å². The van der Waals surface area contributed by atoms with Crippen LogP contribution in [-0.2, 0) is 4.43 Å². The molecule has 4 aliphatic rings. The van der Waals surface area contributed by atoms with E-state index in [-0.39, 0.29) is 28.1 Å². The molecule has 3 fully saturated rings. The Morgan fingerprint density at radius 2 is 1.79 bits per heavy atom. The lowest BCUT2D eigenvalue weighted by Gasteiger charge is -2.59. The van der Waals surface area contributed by atoms with Crippen LogP contribution in [0.4, 0.5) is 0 Å². The predicted octanol–water partition coefficient (Wildman–Crippen LogP) is 5.67. The molecule has 0 saturated heterocycles. The van der Waals surface area contributed by atoms with E-state index in [0.717, 1.165) is 44.9 Å². The molecule has 0 aliphatic heterocycles. The molecule has 0 aromatic carbocycles. The summed E-state index contributed by atoms with van der Waals surface area (Å²) in [6, 6.07) is 0. The minimum atomic E-state index is -1.76. The Hall–Kier alpha value is -0.163. The summed E-state index contributed by atoms with van der Waals surface area (Å²) in [5, 5.41) is 22.2. The number of fused-ring (bicyclic) bond motifs is 5. The van der Waals surface area contributed by atoms with Gasteiger partial charge in [0.25, 0.3) is 0 Å². The highest BCUT2D eigenvalue weighted by Gasteiger charge is 2.61. The molecule has 3 nitrogen and oxygen atoms in total. The van der Waals surface area contributed by atoms with Crippen molar-refractivity contribution in [3.8, 4) is 0 Å². The van der Waals surface area contributed by atoms with Crippen molar-refractivity contribution in [2.24, 2.45) is 28.6 Å². The van der Waals surface area contributed by atoms with Crippen LogP contribution >= 0.6 is 0 Å². The minimum absolute atomic E-state index is 0.0923. The first-order chi connectivity index (χ1) is 13.3. The summed E-state index contributed by atoms with van der Waals surface area (Å²) in [6.07, 6.45) is 9.49. The lowest BCUT2D eigenvalue weighted by molar-refractivity contribution is -0.136. The van der Waals surface area contributed by atoms with Gasteiger partial charge >= 0.3 is 0 Å². The van der Waals surface area contributed by atoms with Gasteiger partial charge in [-0.15, -0.1) is 0 Å². The number of aliphatic hydroxyl groups excluding tert-OH is 2. The average molecular weight is 421 g/mol. The molecule has 0 heterocycles. The first-order valence-corrected chi connectivity index (χ1v) is 14.9. The summed E-state index contributed by atoms with van der Waals surface area (Å²) in [5.74, 6) is 1.42. The van der Waals surface area contributed by atoms with Gasteiger partial charge in [-0.1, -0.05) is 46.3 Å². The monoisotopic (exact) mass is 420 g/mol. The van der Waals surface area contributed by atoms with Crippen molar-refractivity contribution >= 4 is 8.32 Å². The van der Waals surface area contributed by atoms with E-state index >= 15 is 0 Å². The lowest BCUT2D eigenvalue weighted by atomic mass is 9.47. The molecule has 0 unspecified atom stereocenters. The summed E-state index contributed by atoms with van der Waals surface area (Å²) < 4.78 is 6.80. The number of allylic oxidation sites excluding steroid dienone is 1. The molecule has 0 aromatic rings. The number of hydrogen-bond acceptors (Lipinski definition) is 3. The zero-order valence-electron chi connectivity index (χ0n) is 19.8. The standard InChI is InChI=1S/C25H44O3Si/c1-23(2,3)29(6,7)28-17-12-13-24(4)16(14-17)8-9-18-19-10-11-21(27)25(19,5)15-20(26)22(18)24/h8,17-22,26-27H,9-15H2,1-7H3/t17-,18-,19-,20-,21-,22+,24-,25-/m0/s1. The second-order valence-corrected chi connectivity index (χ2v) is 17.5. The van der Waals surface area contributed by atoms with E-state index in [9.17, 15) is 10.2 Å². The van der Waals surface area contributed by atoms with E-state index in [1.54, 1.807) is 5.57 Å². The second kappa shape index (κ2) is 6.92. The summed E-state index contributed by atoms with van der Waals surface area (Å²) in [6.45, 7) is 16.4. The van der Waals surface area contributed by atoms with Gasteiger partial charge in [0.1, 0.15) is 0 Å². The largest absolute Gasteiger partial charge is 0.414 e. The molecule has 29 heavy (non-hydrogen) atoms. The van der Waals surface area contributed by atoms with Crippen LogP contribution < -0.4 is 0 Å². The molecule has 4 rings (SSSR count). The fraction of sp³-hybridized carbons (Fsp3) is 0.920. The summed E-state index contributed by atoms with van der Waals surface area (Å²) >= 11 is 0. The smallest absolute Gasteiger partial charge is 0.192 e. The zero-order chi connectivity index (χ0) is 21.4. The minimum Gasteiger partial charge on any atom is -0.414 e. The van der Waals surface area contributed by atoms with Crippen molar-refractivity contribution < 1.29 is 14.6 Å². The van der Waals surface area contributed by atoms with Crippen LogP contribution in [0.15, 0.2) is 11.6 Å². The molecule has 0 bridgehead atoms. The quantitative estimate of drug-likeness (QED) is 0.447. The highest BCUT2D eigenvalue weighted by Crippen LogP contribution is 2.65. The van der Waals surface area contributed by atoms with E-state index in [2.05, 4.69) is 53.8 Å². The van der Waals surface area contributed by atoms with Gasteiger partial charge in [0, 0.05) is 6.10 Å². The lowest BCUT2D eigenvalue weighted by Crippen LogP contribution is -2.57. The van der Waals surface area contributed by atoms with E-state index in [4.69, 9.17) is 4.43 Å². The first kappa shape index (κ1) is 22.0. The molecule has 8 atom stereocenters. The Balaban J connectivity index is 1.57. The Labute approximate surface area is 179 Å². The summed E-state index contributed by atoms with van der Waals surface area (Å²) in [4.78, 5) is 0. The maximum atomic E-state index is 11.3. The maximum Gasteiger partial charge on any atom is 0.192 e. The predicted molar refractivity (Wildman–Crippen MR) is 121 cm³/mol. The maximum absolute atomic E-state index is 11.3. The topological polar surface area (TPSA) is 49.7 Å². The van der Waals surface area contributed by atoms with E-state index in [0.29, 0.717) is 23.9 Å².